The number of hydrogen-bond donors (Lipinski definition) is 2. The second-order valence-electron chi connectivity index (χ2n) is 5.62. The molecule has 0 radical (unpaired) electrons. The number of imidazole rings is 1. The van der Waals surface area contributed by atoms with Gasteiger partial charge in [0.25, 0.3) is 11.5 Å². The van der Waals surface area contributed by atoms with Crippen molar-refractivity contribution in [3.05, 3.63) is 64.1 Å². The van der Waals surface area contributed by atoms with Crippen molar-refractivity contribution in [2.24, 2.45) is 0 Å². The van der Waals surface area contributed by atoms with Crippen molar-refractivity contribution in [1.82, 2.24) is 39.4 Å². The molecule has 0 unspecified atom stereocenters. The molecule has 4 aromatic rings. The number of nitrogens with one attached hydrogen (secondary N) is 2. The Morgan fingerprint density at radius 2 is 2.35 bits per heavy atom. The number of aromatic amines is 1. The molecule has 0 aliphatic heterocycles. The van der Waals surface area contributed by atoms with Crippen molar-refractivity contribution in [2.75, 3.05) is 0 Å². The Bertz CT molecular complexity index is 1080. The molecule has 0 saturated heterocycles. The van der Waals surface area contributed by atoms with E-state index in [1.54, 1.807) is 0 Å². The standard InChI is InChI=1S/C15H14N8O2S/c1-9(11-5-22-2-3-26-15(22)20-11)19-13(24)10-4-17-12(21-14(10)25)6-23-8-16-7-18-23/h2-5,7-9H,6H2,1H3,(H,19,24)(H,17,21,25)/t9-/m1/s1. The number of nitrogens with zero attached hydrogens (tertiary/aromatic N) is 6. The van der Waals surface area contributed by atoms with Gasteiger partial charge in [-0.25, -0.2) is 19.6 Å². The van der Waals surface area contributed by atoms with E-state index < -0.39 is 11.5 Å². The molecule has 1 atom stereocenters. The zero-order valence-corrected chi connectivity index (χ0v) is 14.5. The lowest BCUT2D eigenvalue weighted by molar-refractivity contribution is 0.0937. The van der Waals surface area contributed by atoms with Gasteiger partial charge in [-0.05, 0) is 6.92 Å². The molecule has 10 nitrogen and oxygen atoms in total. The minimum atomic E-state index is -0.509. The van der Waals surface area contributed by atoms with Crippen LogP contribution in [0.3, 0.4) is 0 Å². The molecule has 2 N–H and O–H groups in total. The maximum absolute atomic E-state index is 12.4. The van der Waals surface area contributed by atoms with E-state index >= 15 is 0 Å². The molecular weight excluding hydrogens is 356 g/mol. The molecule has 132 valence electrons. The molecule has 0 fully saturated rings. The second-order valence-corrected chi connectivity index (χ2v) is 6.49. The van der Waals surface area contributed by atoms with Crippen LogP contribution in [0, 0.1) is 0 Å². The van der Waals surface area contributed by atoms with Crippen LogP contribution in [0.1, 0.15) is 34.8 Å². The summed E-state index contributed by atoms with van der Waals surface area (Å²) in [6, 6.07) is -0.344. The number of thiazole rings is 1. The molecule has 1 amide bonds. The number of fused-ring (bicyclic) bond motifs is 1. The van der Waals surface area contributed by atoms with E-state index in [4.69, 9.17) is 0 Å². The SMILES string of the molecule is C[C@@H](NC(=O)c1cnc(Cn2cncn2)[nH]c1=O)c1cn2ccsc2n1. The van der Waals surface area contributed by atoms with Crippen molar-refractivity contribution < 1.29 is 4.79 Å². The summed E-state index contributed by atoms with van der Waals surface area (Å²) in [5, 5.41) is 8.64. The summed E-state index contributed by atoms with van der Waals surface area (Å²) in [4.78, 5) is 40.4. The van der Waals surface area contributed by atoms with Gasteiger partial charge in [0, 0.05) is 24.0 Å². The van der Waals surface area contributed by atoms with Gasteiger partial charge in [-0.1, -0.05) is 0 Å². The summed E-state index contributed by atoms with van der Waals surface area (Å²) in [5.41, 5.74) is 0.156. The number of aromatic nitrogens is 7. The van der Waals surface area contributed by atoms with Gasteiger partial charge in [0.1, 0.15) is 30.6 Å². The topological polar surface area (TPSA) is 123 Å². The van der Waals surface area contributed by atoms with Gasteiger partial charge in [0.05, 0.1) is 11.7 Å². The lowest BCUT2D eigenvalue weighted by atomic mass is 10.2. The summed E-state index contributed by atoms with van der Waals surface area (Å²) in [6.07, 6.45) is 7.91. The van der Waals surface area contributed by atoms with Gasteiger partial charge in [0.15, 0.2) is 4.96 Å². The molecule has 4 heterocycles. The molecule has 26 heavy (non-hydrogen) atoms. The van der Waals surface area contributed by atoms with E-state index in [-0.39, 0.29) is 18.2 Å². The van der Waals surface area contributed by atoms with Gasteiger partial charge in [-0.15, -0.1) is 11.3 Å². The van der Waals surface area contributed by atoms with E-state index in [1.807, 2.05) is 29.1 Å². The Balaban J connectivity index is 1.48. The number of H-pyrrole nitrogens is 1. The van der Waals surface area contributed by atoms with Crippen LogP contribution in [0.15, 0.2) is 41.4 Å². The minimum Gasteiger partial charge on any atom is -0.344 e. The highest BCUT2D eigenvalue weighted by Crippen LogP contribution is 2.16. The Kier molecular flexibility index (Phi) is 4.05. The van der Waals surface area contributed by atoms with Crippen molar-refractivity contribution in [3.8, 4) is 0 Å². The van der Waals surface area contributed by atoms with Crippen molar-refractivity contribution in [3.63, 3.8) is 0 Å². The van der Waals surface area contributed by atoms with Gasteiger partial charge in [0.2, 0.25) is 0 Å². The minimum absolute atomic E-state index is 0.0554. The number of rotatable bonds is 5. The predicted molar refractivity (Wildman–Crippen MR) is 92.9 cm³/mol. The molecule has 0 aliphatic carbocycles. The van der Waals surface area contributed by atoms with Crippen LogP contribution >= 0.6 is 11.3 Å². The first-order valence-corrected chi connectivity index (χ1v) is 8.61. The first kappa shape index (κ1) is 16.1. The van der Waals surface area contributed by atoms with E-state index in [2.05, 4.69) is 30.4 Å². The maximum Gasteiger partial charge on any atom is 0.263 e. The lowest BCUT2D eigenvalue weighted by Crippen LogP contribution is -2.32. The smallest absolute Gasteiger partial charge is 0.263 e. The predicted octanol–water partition coefficient (Wildman–Crippen LogP) is 0.610. The molecule has 0 bridgehead atoms. The summed E-state index contributed by atoms with van der Waals surface area (Å²) in [7, 11) is 0. The van der Waals surface area contributed by atoms with Crippen LogP contribution in [0.2, 0.25) is 0 Å². The van der Waals surface area contributed by atoms with Gasteiger partial charge in [-0.3, -0.25) is 14.0 Å². The van der Waals surface area contributed by atoms with Crippen LogP contribution < -0.4 is 10.9 Å². The molecule has 0 aromatic carbocycles. The largest absolute Gasteiger partial charge is 0.344 e. The van der Waals surface area contributed by atoms with Crippen molar-refractivity contribution in [1.29, 1.82) is 0 Å². The van der Waals surface area contributed by atoms with Gasteiger partial charge < -0.3 is 10.3 Å². The van der Waals surface area contributed by atoms with Gasteiger partial charge in [-0.2, -0.15) is 5.10 Å². The van der Waals surface area contributed by atoms with Crippen LogP contribution in [0.25, 0.3) is 4.96 Å². The lowest BCUT2D eigenvalue weighted by Gasteiger charge is -2.11. The monoisotopic (exact) mass is 370 g/mol. The summed E-state index contributed by atoms with van der Waals surface area (Å²) in [6.45, 7) is 2.07. The third kappa shape index (κ3) is 3.11. The fraction of sp³-hybridized carbons (Fsp3) is 0.200. The fourth-order valence-electron chi connectivity index (χ4n) is 2.44. The van der Waals surface area contributed by atoms with Crippen LogP contribution in [-0.2, 0) is 6.54 Å². The van der Waals surface area contributed by atoms with Crippen molar-refractivity contribution in [2.45, 2.75) is 19.5 Å². The van der Waals surface area contributed by atoms with Crippen molar-refractivity contribution >= 4 is 22.2 Å². The summed E-state index contributed by atoms with van der Waals surface area (Å²) >= 11 is 1.51. The number of hydrogen-bond acceptors (Lipinski definition) is 7. The summed E-state index contributed by atoms with van der Waals surface area (Å²) in [5.74, 6) is -0.116. The Morgan fingerprint density at radius 3 is 3.08 bits per heavy atom. The molecule has 0 saturated carbocycles. The highest BCUT2D eigenvalue weighted by Gasteiger charge is 2.17. The number of amides is 1. The average molecular weight is 370 g/mol. The Hall–Kier alpha value is -3.34. The van der Waals surface area contributed by atoms with E-state index in [1.165, 1.54) is 34.9 Å². The molecule has 0 aliphatic rings. The zero-order chi connectivity index (χ0) is 18.1. The molecule has 0 spiro atoms. The molecular formula is C15H14N8O2S. The van der Waals surface area contributed by atoms with E-state index in [0.717, 1.165) is 10.7 Å². The highest BCUT2D eigenvalue weighted by atomic mass is 32.1. The Morgan fingerprint density at radius 1 is 1.46 bits per heavy atom. The van der Waals surface area contributed by atoms with Crippen LogP contribution in [0.5, 0.6) is 0 Å². The number of carbonyl (C=O) groups is 1. The van der Waals surface area contributed by atoms with Crippen LogP contribution in [-0.4, -0.2) is 40.0 Å². The zero-order valence-electron chi connectivity index (χ0n) is 13.7. The highest BCUT2D eigenvalue weighted by molar-refractivity contribution is 7.15. The average Bonchev–Trinajstić information content (AvgIpc) is 3.31. The fourth-order valence-corrected chi connectivity index (χ4v) is 3.15. The third-order valence-electron chi connectivity index (χ3n) is 3.78. The maximum atomic E-state index is 12.4. The third-order valence-corrected chi connectivity index (χ3v) is 4.55. The molecule has 4 aromatic heterocycles. The molecule has 4 rings (SSSR count). The number of carbonyl (C=O) groups excluding carboxylic acids is 1. The quantitative estimate of drug-likeness (QED) is 0.531. The van der Waals surface area contributed by atoms with E-state index in [9.17, 15) is 9.59 Å². The summed E-state index contributed by atoms with van der Waals surface area (Å²) < 4.78 is 3.40. The Labute approximate surface area is 150 Å². The van der Waals surface area contributed by atoms with Crippen LogP contribution in [0.4, 0.5) is 0 Å². The normalized spacial score (nSPS) is 12.3. The first-order valence-electron chi connectivity index (χ1n) is 7.74. The van der Waals surface area contributed by atoms with E-state index in [0.29, 0.717) is 5.82 Å². The molecule has 11 heteroatoms. The van der Waals surface area contributed by atoms with Gasteiger partial charge >= 0.3 is 0 Å². The second kappa shape index (κ2) is 6.52. The first-order chi connectivity index (χ1) is 12.6.